The van der Waals surface area contributed by atoms with Gasteiger partial charge in [-0.3, -0.25) is 14.4 Å². The molecule has 2 N–H and O–H groups in total. The summed E-state index contributed by atoms with van der Waals surface area (Å²) >= 11 is 12.3. The summed E-state index contributed by atoms with van der Waals surface area (Å²) in [7, 11) is -2.05. The lowest BCUT2D eigenvalue weighted by atomic mass is 10.0. The zero-order valence-corrected chi connectivity index (χ0v) is 25.9. The first-order chi connectivity index (χ1) is 19.9. The maximum absolute atomic E-state index is 13.5. The Bertz CT molecular complexity index is 1520. The van der Waals surface area contributed by atoms with Crippen LogP contribution in [0.15, 0.2) is 65.6 Å². The maximum atomic E-state index is 13.5. The molecule has 3 aromatic carbocycles. The van der Waals surface area contributed by atoms with E-state index in [1.807, 2.05) is 26.1 Å². The largest absolute Gasteiger partial charge is 0.488 e. The zero-order valence-electron chi connectivity index (χ0n) is 23.6. The molecule has 1 aliphatic heterocycles. The van der Waals surface area contributed by atoms with Gasteiger partial charge in [-0.15, -0.1) is 0 Å². The molecule has 0 radical (unpaired) electrons. The van der Waals surface area contributed by atoms with Crippen LogP contribution in [0.2, 0.25) is 10.0 Å². The number of anilines is 1. The predicted octanol–water partition coefficient (Wildman–Crippen LogP) is 5.21. The van der Waals surface area contributed by atoms with Crippen molar-refractivity contribution >= 4 is 44.8 Å². The molecule has 0 aliphatic carbocycles. The van der Waals surface area contributed by atoms with E-state index in [4.69, 9.17) is 27.9 Å². The SMILES string of the molecule is C[C@@H]1CN([C@H](C)CO)C(=O)Cc2cc(NS(=O)(=O)c3ccc(F)cc3)ccc2O[C@H]1CN(C)Cc1ccc(Cl)c(Cl)c1. The van der Waals surface area contributed by atoms with Crippen molar-refractivity contribution in [2.45, 2.75) is 43.9 Å². The minimum atomic E-state index is -4.00. The number of rotatable bonds is 9. The number of aliphatic hydroxyl groups excluding tert-OH is 1. The molecule has 1 heterocycles. The Morgan fingerprint density at radius 3 is 2.50 bits per heavy atom. The van der Waals surface area contributed by atoms with Crippen LogP contribution >= 0.6 is 23.2 Å². The third-order valence-electron chi connectivity index (χ3n) is 7.22. The van der Waals surface area contributed by atoms with Gasteiger partial charge in [-0.2, -0.15) is 0 Å². The van der Waals surface area contributed by atoms with Gasteiger partial charge in [-0.05, 0) is 74.1 Å². The molecule has 226 valence electrons. The lowest BCUT2D eigenvalue weighted by Gasteiger charge is -2.34. The van der Waals surface area contributed by atoms with Crippen molar-refractivity contribution in [2.24, 2.45) is 5.92 Å². The first kappa shape index (κ1) is 32.0. The third kappa shape index (κ3) is 7.93. The molecule has 1 amide bonds. The first-order valence-electron chi connectivity index (χ1n) is 13.5. The van der Waals surface area contributed by atoms with Gasteiger partial charge < -0.3 is 14.7 Å². The number of fused-ring (bicyclic) bond motifs is 1. The molecule has 0 aromatic heterocycles. The van der Waals surface area contributed by atoms with Crippen molar-refractivity contribution in [3.05, 3.63) is 87.7 Å². The molecule has 0 saturated carbocycles. The van der Waals surface area contributed by atoms with E-state index in [-0.39, 0.29) is 41.5 Å². The standard InChI is InChI=1S/C30H34Cl2FN3O5S/c1-19-15-36(20(2)18-37)30(38)14-22-13-24(34-42(39,40)25-8-5-23(33)6-9-25)7-11-28(22)41-29(19)17-35(3)16-21-4-10-26(31)27(32)12-21/h4-13,19-20,29,34,37H,14-18H2,1-3H3/t19-,20-,29+/m1/s1. The van der Waals surface area contributed by atoms with Crippen LogP contribution in [0.25, 0.3) is 0 Å². The molecule has 42 heavy (non-hydrogen) atoms. The van der Waals surface area contributed by atoms with Crippen molar-refractivity contribution in [1.82, 2.24) is 9.80 Å². The molecule has 0 saturated heterocycles. The van der Waals surface area contributed by atoms with Gasteiger partial charge in [0.15, 0.2) is 0 Å². The number of hydrogen-bond donors (Lipinski definition) is 2. The fraction of sp³-hybridized carbons (Fsp3) is 0.367. The molecule has 8 nitrogen and oxygen atoms in total. The lowest BCUT2D eigenvalue weighted by molar-refractivity contribution is -0.134. The number of likely N-dealkylation sites (N-methyl/N-ethyl adjacent to an activating group) is 1. The Kier molecular flexibility index (Phi) is 10.4. The van der Waals surface area contributed by atoms with Gasteiger partial charge in [0.25, 0.3) is 10.0 Å². The summed E-state index contributed by atoms with van der Waals surface area (Å²) in [5, 5.41) is 10.8. The average Bonchev–Trinajstić information content (AvgIpc) is 2.98. The molecule has 4 rings (SSSR count). The topological polar surface area (TPSA) is 99.2 Å². The highest BCUT2D eigenvalue weighted by Crippen LogP contribution is 2.30. The van der Waals surface area contributed by atoms with Gasteiger partial charge >= 0.3 is 0 Å². The van der Waals surface area contributed by atoms with Gasteiger partial charge in [0.1, 0.15) is 17.7 Å². The quantitative estimate of drug-likeness (QED) is 0.334. The summed E-state index contributed by atoms with van der Waals surface area (Å²) < 4.78 is 48.2. The summed E-state index contributed by atoms with van der Waals surface area (Å²) in [5.41, 5.74) is 1.71. The highest BCUT2D eigenvalue weighted by atomic mass is 35.5. The number of hydrogen-bond acceptors (Lipinski definition) is 6. The van der Waals surface area contributed by atoms with Gasteiger partial charge in [-0.1, -0.05) is 36.2 Å². The Morgan fingerprint density at radius 2 is 1.83 bits per heavy atom. The molecule has 0 spiro atoms. The molecule has 3 aromatic rings. The van der Waals surface area contributed by atoms with Crippen molar-refractivity contribution in [2.75, 3.05) is 31.5 Å². The molecular formula is C30H34Cl2FN3O5S. The van der Waals surface area contributed by atoms with E-state index in [2.05, 4.69) is 9.62 Å². The van der Waals surface area contributed by atoms with Crippen molar-refractivity contribution < 1.29 is 27.4 Å². The van der Waals surface area contributed by atoms with E-state index in [0.717, 1.165) is 17.7 Å². The second-order valence-electron chi connectivity index (χ2n) is 10.7. The highest BCUT2D eigenvalue weighted by Gasteiger charge is 2.31. The molecule has 12 heteroatoms. The highest BCUT2D eigenvalue weighted by molar-refractivity contribution is 7.92. The fourth-order valence-corrected chi connectivity index (χ4v) is 6.23. The van der Waals surface area contributed by atoms with E-state index < -0.39 is 21.9 Å². The Labute approximate surface area is 256 Å². The van der Waals surface area contributed by atoms with Crippen LogP contribution in [-0.4, -0.2) is 68.1 Å². The number of nitrogens with one attached hydrogen (secondary N) is 1. The fourth-order valence-electron chi connectivity index (χ4n) is 4.86. The summed E-state index contributed by atoms with van der Waals surface area (Å²) in [6, 6.07) is 14.3. The van der Waals surface area contributed by atoms with Crippen LogP contribution in [0, 0.1) is 11.7 Å². The normalized spacial score (nSPS) is 18.5. The van der Waals surface area contributed by atoms with Crippen LogP contribution in [0.3, 0.4) is 0 Å². The second kappa shape index (κ2) is 13.6. The van der Waals surface area contributed by atoms with Crippen LogP contribution in [0.5, 0.6) is 5.75 Å². The minimum Gasteiger partial charge on any atom is -0.488 e. The third-order valence-corrected chi connectivity index (χ3v) is 9.36. The van der Waals surface area contributed by atoms with Crippen LogP contribution < -0.4 is 9.46 Å². The monoisotopic (exact) mass is 637 g/mol. The number of halogens is 3. The molecule has 0 unspecified atom stereocenters. The number of carbonyl (C=O) groups excluding carboxylic acids is 1. The summed E-state index contributed by atoms with van der Waals surface area (Å²) in [4.78, 5) is 17.1. The molecular weight excluding hydrogens is 604 g/mol. The summed E-state index contributed by atoms with van der Waals surface area (Å²) in [6.45, 7) is 5.03. The number of amides is 1. The number of carbonyl (C=O) groups is 1. The Balaban J connectivity index is 1.62. The van der Waals surface area contributed by atoms with E-state index >= 15 is 0 Å². The Morgan fingerprint density at radius 1 is 1.12 bits per heavy atom. The summed E-state index contributed by atoms with van der Waals surface area (Å²) in [5.74, 6) is -0.403. The summed E-state index contributed by atoms with van der Waals surface area (Å²) in [6.07, 6.45) is -0.401. The molecule has 1 aliphatic rings. The molecule has 3 atom stereocenters. The van der Waals surface area contributed by atoms with Gasteiger partial charge in [-0.25, -0.2) is 12.8 Å². The van der Waals surface area contributed by atoms with E-state index in [0.29, 0.717) is 41.0 Å². The van der Waals surface area contributed by atoms with Crippen LogP contribution in [-0.2, 0) is 27.8 Å². The van der Waals surface area contributed by atoms with Crippen LogP contribution in [0.4, 0.5) is 10.1 Å². The maximum Gasteiger partial charge on any atom is 0.261 e. The van der Waals surface area contributed by atoms with E-state index in [9.17, 15) is 22.7 Å². The van der Waals surface area contributed by atoms with Gasteiger partial charge in [0.2, 0.25) is 5.91 Å². The molecule has 0 fully saturated rings. The van der Waals surface area contributed by atoms with Gasteiger partial charge in [0, 0.05) is 36.8 Å². The number of sulfonamides is 1. The second-order valence-corrected chi connectivity index (χ2v) is 13.2. The molecule has 0 bridgehead atoms. The minimum absolute atomic E-state index is 0.0512. The van der Waals surface area contributed by atoms with E-state index in [1.54, 1.807) is 36.1 Å². The van der Waals surface area contributed by atoms with E-state index in [1.165, 1.54) is 12.1 Å². The predicted molar refractivity (Wildman–Crippen MR) is 162 cm³/mol. The lowest BCUT2D eigenvalue weighted by Crippen LogP contribution is -2.47. The smallest absolute Gasteiger partial charge is 0.261 e. The van der Waals surface area contributed by atoms with Crippen molar-refractivity contribution in [3.8, 4) is 5.75 Å². The number of benzene rings is 3. The van der Waals surface area contributed by atoms with Crippen molar-refractivity contribution in [1.29, 1.82) is 0 Å². The number of aliphatic hydroxyl groups is 1. The number of nitrogens with zero attached hydrogens (tertiary/aromatic N) is 2. The Hall–Kier alpha value is -2.89. The van der Waals surface area contributed by atoms with Crippen LogP contribution in [0.1, 0.15) is 25.0 Å². The first-order valence-corrected chi connectivity index (χ1v) is 15.7. The zero-order chi connectivity index (χ0) is 30.6. The van der Waals surface area contributed by atoms with Gasteiger partial charge in [0.05, 0.1) is 34.0 Å². The number of ether oxygens (including phenoxy) is 1. The average molecular weight is 639 g/mol. The van der Waals surface area contributed by atoms with Crippen molar-refractivity contribution in [3.63, 3.8) is 0 Å².